The van der Waals surface area contributed by atoms with Crippen molar-refractivity contribution in [2.75, 3.05) is 26.3 Å². The Kier molecular flexibility index (Phi) is 7.53. The molecule has 0 heterocycles. The molecule has 0 aliphatic heterocycles. The minimum absolute atomic E-state index is 0.130. The minimum Gasteiger partial charge on any atom is -0.492 e. The highest BCUT2D eigenvalue weighted by Gasteiger charge is 2.33. The molecule has 0 spiro atoms. The lowest BCUT2D eigenvalue weighted by Crippen LogP contribution is -2.24. The molecule has 1 aromatic carbocycles. The molecule has 0 aliphatic carbocycles. The van der Waals surface area contributed by atoms with Crippen LogP contribution >= 0.6 is 0 Å². The van der Waals surface area contributed by atoms with Crippen LogP contribution in [0.2, 0.25) is 0 Å². The second-order valence-corrected chi connectivity index (χ2v) is 4.87. The molecule has 6 heteroatoms. The Labute approximate surface area is 123 Å². The summed E-state index contributed by atoms with van der Waals surface area (Å²) in [6.45, 7) is 6.05. The van der Waals surface area contributed by atoms with E-state index in [-0.39, 0.29) is 18.5 Å². The van der Waals surface area contributed by atoms with Gasteiger partial charge in [-0.2, -0.15) is 13.2 Å². The average molecular weight is 305 g/mol. The first-order valence-electron chi connectivity index (χ1n) is 7.02. The van der Waals surface area contributed by atoms with Gasteiger partial charge in [-0.15, -0.1) is 0 Å². The van der Waals surface area contributed by atoms with Gasteiger partial charge in [0.25, 0.3) is 0 Å². The molecule has 1 aromatic rings. The van der Waals surface area contributed by atoms with Crippen molar-refractivity contribution < 1.29 is 22.6 Å². The van der Waals surface area contributed by atoms with Crippen molar-refractivity contribution in [3.63, 3.8) is 0 Å². The molecular weight excluding hydrogens is 283 g/mol. The molecule has 0 aromatic heterocycles. The zero-order valence-electron chi connectivity index (χ0n) is 12.4. The second kappa shape index (κ2) is 8.89. The number of benzene rings is 1. The van der Waals surface area contributed by atoms with Crippen LogP contribution in [-0.4, -0.2) is 32.4 Å². The second-order valence-electron chi connectivity index (χ2n) is 4.87. The van der Waals surface area contributed by atoms with Crippen LogP contribution in [0.15, 0.2) is 24.3 Å². The van der Waals surface area contributed by atoms with Crippen LogP contribution in [-0.2, 0) is 10.9 Å². The smallest absolute Gasteiger partial charge is 0.419 e. The number of alkyl halides is 3. The van der Waals surface area contributed by atoms with Crippen LogP contribution in [0.4, 0.5) is 13.2 Å². The number of nitrogens with one attached hydrogen (secondary N) is 1. The van der Waals surface area contributed by atoms with Crippen molar-refractivity contribution in [1.82, 2.24) is 5.32 Å². The average Bonchev–Trinajstić information content (AvgIpc) is 2.41. The number of hydrogen-bond donors (Lipinski definition) is 1. The Balaban J connectivity index is 2.22. The maximum absolute atomic E-state index is 12.7. The highest BCUT2D eigenvalue weighted by Crippen LogP contribution is 2.35. The third kappa shape index (κ3) is 7.34. The van der Waals surface area contributed by atoms with E-state index in [1.165, 1.54) is 18.2 Å². The first kappa shape index (κ1) is 17.8. The van der Waals surface area contributed by atoms with Crippen molar-refractivity contribution in [3.8, 4) is 5.75 Å². The first-order valence-corrected chi connectivity index (χ1v) is 7.02. The highest BCUT2D eigenvalue weighted by atomic mass is 19.4. The molecule has 1 N–H and O–H groups in total. The van der Waals surface area contributed by atoms with E-state index in [0.717, 1.165) is 19.0 Å². The fourth-order valence-electron chi connectivity index (χ4n) is 1.70. The van der Waals surface area contributed by atoms with Crippen LogP contribution < -0.4 is 10.1 Å². The summed E-state index contributed by atoms with van der Waals surface area (Å²) in [6.07, 6.45) is -3.32. The molecule has 0 saturated carbocycles. The minimum atomic E-state index is -4.39. The molecule has 0 unspecified atom stereocenters. The number of ether oxygens (including phenoxy) is 2. The topological polar surface area (TPSA) is 30.5 Å². The molecule has 0 aliphatic rings. The van der Waals surface area contributed by atoms with Gasteiger partial charge in [0.1, 0.15) is 12.4 Å². The van der Waals surface area contributed by atoms with E-state index in [1.54, 1.807) is 0 Å². The summed E-state index contributed by atoms with van der Waals surface area (Å²) in [5.41, 5.74) is -0.740. The lowest BCUT2D eigenvalue weighted by molar-refractivity contribution is -0.138. The predicted octanol–water partition coefficient (Wildman–Crippen LogP) is 3.49. The van der Waals surface area contributed by atoms with Crippen LogP contribution in [0.3, 0.4) is 0 Å². The molecule has 1 rings (SSSR count). The van der Waals surface area contributed by atoms with Crippen LogP contribution in [0.1, 0.15) is 25.8 Å². The fourth-order valence-corrected chi connectivity index (χ4v) is 1.70. The monoisotopic (exact) mass is 305 g/mol. The Morgan fingerprint density at radius 1 is 1.10 bits per heavy atom. The number of para-hydroxylation sites is 1. The zero-order valence-corrected chi connectivity index (χ0v) is 12.4. The van der Waals surface area contributed by atoms with E-state index >= 15 is 0 Å². The van der Waals surface area contributed by atoms with Gasteiger partial charge in [0.15, 0.2) is 0 Å². The summed E-state index contributed by atoms with van der Waals surface area (Å²) in [6, 6.07) is 5.23. The van der Waals surface area contributed by atoms with E-state index in [0.29, 0.717) is 13.2 Å². The number of hydrogen-bond acceptors (Lipinski definition) is 3. The Bertz CT molecular complexity index is 408. The molecule has 0 atom stereocenters. The van der Waals surface area contributed by atoms with Gasteiger partial charge in [-0.05, 0) is 38.9 Å². The fraction of sp³-hybridized carbons (Fsp3) is 0.600. The Morgan fingerprint density at radius 3 is 2.48 bits per heavy atom. The molecule has 0 fully saturated rings. The maximum Gasteiger partial charge on any atom is 0.419 e. The molecular formula is C15H22F3NO2. The summed E-state index contributed by atoms with van der Waals surface area (Å²) < 4.78 is 48.7. The SMILES string of the molecule is CC(C)OCCCNCCOc1ccccc1C(F)(F)F. The van der Waals surface area contributed by atoms with Crippen molar-refractivity contribution in [3.05, 3.63) is 29.8 Å². The lowest BCUT2D eigenvalue weighted by Gasteiger charge is -2.14. The van der Waals surface area contributed by atoms with E-state index < -0.39 is 11.7 Å². The van der Waals surface area contributed by atoms with Gasteiger partial charge in [-0.1, -0.05) is 12.1 Å². The highest BCUT2D eigenvalue weighted by molar-refractivity contribution is 5.35. The standard InChI is InChI=1S/C15H22F3NO2/c1-12(2)20-10-5-8-19-9-11-21-14-7-4-3-6-13(14)15(16,17)18/h3-4,6-7,12,19H,5,8-11H2,1-2H3. The molecule has 0 amide bonds. The summed E-state index contributed by atoms with van der Waals surface area (Å²) in [4.78, 5) is 0. The molecule has 3 nitrogen and oxygen atoms in total. The predicted molar refractivity (Wildman–Crippen MR) is 75.5 cm³/mol. The first-order chi connectivity index (χ1) is 9.91. The Hall–Kier alpha value is -1.27. The van der Waals surface area contributed by atoms with Gasteiger partial charge in [0.2, 0.25) is 0 Å². The molecule has 0 saturated heterocycles. The van der Waals surface area contributed by atoms with Crippen molar-refractivity contribution >= 4 is 0 Å². The number of rotatable bonds is 9. The van der Waals surface area contributed by atoms with E-state index in [4.69, 9.17) is 9.47 Å². The van der Waals surface area contributed by atoms with Gasteiger partial charge in [-0.25, -0.2) is 0 Å². The van der Waals surface area contributed by atoms with Gasteiger partial charge >= 0.3 is 6.18 Å². The summed E-state index contributed by atoms with van der Waals surface area (Å²) >= 11 is 0. The van der Waals surface area contributed by atoms with Crippen molar-refractivity contribution in [1.29, 1.82) is 0 Å². The maximum atomic E-state index is 12.7. The summed E-state index contributed by atoms with van der Waals surface area (Å²) in [7, 11) is 0. The summed E-state index contributed by atoms with van der Waals surface area (Å²) in [5.74, 6) is -0.130. The number of halogens is 3. The van der Waals surface area contributed by atoms with Crippen LogP contribution in [0.5, 0.6) is 5.75 Å². The quantitative estimate of drug-likeness (QED) is 0.708. The zero-order chi connectivity index (χ0) is 15.7. The molecule has 0 bridgehead atoms. The molecule has 21 heavy (non-hydrogen) atoms. The van der Waals surface area contributed by atoms with E-state index in [9.17, 15) is 13.2 Å². The molecule has 0 radical (unpaired) electrons. The third-order valence-corrected chi connectivity index (χ3v) is 2.68. The van der Waals surface area contributed by atoms with Crippen LogP contribution in [0, 0.1) is 0 Å². The van der Waals surface area contributed by atoms with Gasteiger partial charge in [0, 0.05) is 13.2 Å². The van der Waals surface area contributed by atoms with Gasteiger partial charge in [0.05, 0.1) is 11.7 Å². The van der Waals surface area contributed by atoms with Gasteiger partial charge < -0.3 is 14.8 Å². The molecule has 120 valence electrons. The normalized spacial score (nSPS) is 11.9. The third-order valence-electron chi connectivity index (χ3n) is 2.68. The van der Waals surface area contributed by atoms with E-state index in [1.807, 2.05) is 13.8 Å². The van der Waals surface area contributed by atoms with Crippen molar-refractivity contribution in [2.45, 2.75) is 32.5 Å². The lowest BCUT2D eigenvalue weighted by atomic mass is 10.2. The largest absolute Gasteiger partial charge is 0.492 e. The van der Waals surface area contributed by atoms with Crippen LogP contribution in [0.25, 0.3) is 0 Å². The van der Waals surface area contributed by atoms with Crippen molar-refractivity contribution in [2.24, 2.45) is 0 Å². The Morgan fingerprint density at radius 2 is 1.81 bits per heavy atom. The van der Waals surface area contributed by atoms with Gasteiger partial charge in [-0.3, -0.25) is 0 Å². The van der Waals surface area contributed by atoms with E-state index in [2.05, 4.69) is 5.32 Å². The summed E-state index contributed by atoms with van der Waals surface area (Å²) in [5, 5.41) is 3.10.